The normalized spacial score (nSPS) is 10.2. The minimum absolute atomic E-state index is 0.247. The molecule has 0 N–H and O–H groups in total. The van der Waals surface area contributed by atoms with Crippen molar-refractivity contribution in [3.8, 4) is 0 Å². The van der Waals surface area contributed by atoms with Gasteiger partial charge in [-0.2, -0.15) is 0 Å². The summed E-state index contributed by atoms with van der Waals surface area (Å²) in [7, 11) is 0. The molecule has 0 amide bonds. The van der Waals surface area contributed by atoms with Gasteiger partial charge < -0.3 is 0 Å². The molecule has 0 atom stereocenters. The fourth-order valence-electron chi connectivity index (χ4n) is 1.65. The molecule has 0 aliphatic rings. The van der Waals surface area contributed by atoms with Crippen LogP contribution in [0.4, 0.5) is 0 Å². The van der Waals surface area contributed by atoms with Gasteiger partial charge in [-0.3, -0.25) is 4.79 Å². The van der Waals surface area contributed by atoms with Gasteiger partial charge in [0.05, 0.1) is 0 Å². The van der Waals surface area contributed by atoms with Crippen molar-refractivity contribution < 1.29 is 4.79 Å². The third kappa shape index (κ3) is 3.04. The quantitative estimate of drug-likeness (QED) is 0.711. The predicted molar refractivity (Wildman–Crippen MR) is 68.0 cm³/mol. The summed E-state index contributed by atoms with van der Waals surface area (Å²) < 4.78 is 0. The molecule has 0 saturated heterocycles. The third-order valence-electron chi connectivity index (χ3n) is 2.50. The van der Waals surface area contributed by atoms with E-state index in [1.54, 1.807) is 11.3 Å². The van der Waals surface area contributed by atoms with Crippen LogP contribution in [0.1, 0.15) is 28.1 Å². The second kappa shape index (κ2) is 5.61. The highest BCUT2D eigenvalue weighted by Crippen LogP contribution is 2.13. The molecule has 0 aliphatic carbocycles. The van der Waals surface area contributed by atoms with Crippen molar-refractivity contribution in [2.75, 3.05) is 0 Å². The summed E-state index contributed by atoms with van der Waals surface area (Å²) in [6.45, 7) is 0. The Balaban J connectivity index is 1.81. The number of hydrogen-bond acceptors (Lipinski definition) is 2. The molecule has 2 heteroatoms. The van der Waals surface area contributed by atoms with E-state index in [9.17, 15) is 4.79 Å². The molecule has 1 aromatic heterocycles. The van der Waals surface area contributed by atoms with Gasteiger partial charge in [0.2, 0.25) is 0 Å². The number of benzene rings is 1. The third-order valence-corrected chi connectivity index (χ3v) is 3.44. The number of aryl methyl sites for hydroxylation is 1. The molecule has 0 unspecified atom stereocenters. The number of Topliss-reactive ketones (excluding diaryl/α,β-unsaturated/α-hetero) is 1. The Kier molecular flexibility index (Phi) is 3.89. The zero-order valence-electron chi connectivity index (χ0n) is 9.06. The van der Waals surface area contributed by atoms with E-state index in [-0.39, 0.29) is 5.78 Å². The Morgan fingerprint density at radius 2 is 1.88 bits per heavy atom. The summed E-state index contributed by atoms with van der Waals surface area (Å²) in [5, 5.41) is 2.08. The highest BCUT2D eigenvalue weighted by Gasteiger charge is 2.04. The van der Waals surface area contributed by atoms with Crippen molar-refractivity contribution in [1.82, 2.24) is 0 Å². The topological polar surface area (TPSA) is 17.1 Å². The molecular weight excluding hydrogens is 216 g/mol. The van der Waals surface area contributed by atoms with E-state index in [0.29, 0.717) is 6.42 Å². The molecule has 1 heterocycles. The Hall–Kier alpha value is -1.41. The van der Waals surface area contributed by atoms with Crippen molar-refractivity contribution in [2.45, 2.75) is 19.3 Å². The van der Waals surface area contributed by atoms with Crippen molar-refractivity contribution >= 4 is 17.1 Å². The number of hydrogen-bond donors (Lipinski definition) is 0. The fourth-order valence-corrected chi connectivity index (χ4v) is 2.40. The summed E-state index contributed by atoms with van der Waals surface area (Å²) >= 11 is 1.76. The molecule has 82 valence electrons. The molecule has 0 saturated carbocycles. The minimum atomic E-state index is 0.247. The molecule has 2 rings (SSSR count). The summed E-state index contributed by atoms with van der Waals surface area (Å²) in [5.41, 5.74) is 0.827. The number of thiophene rings is 1. The zero-order valence-corrected chi connectivity index (χ0v) is 9.87. The molecule has 1 aromatic carbocycles. The van der Waals surface area contributed by atoms with E-state index in [1.165, 1.54) is 4.88 Å². The van der Waals surface area contributed by atoms with Gasteiger partial charge in [-0.25, -0.2) is 0 Å². The first-order chi connectivity index (χ1) is 7.86. The highest BCUT2D eigenvalue weighted by atomic mass is 32.1. The van der Waals surface area contributed by atoms with Crippen LogP contribution >= 0.6 is 11.3 Å². The van der Waals surface area contributed by atoms with Crippen LogP contribution < -0.4 is 0 Å². The van der Waals surface area contributed by atoms with E-state index in [0.717, 1.165) is 18.4 Å². The summed E-state index contributed by atoms with van der Waals surface area (Å²) in [5.74, 6) is 0.247. The molecule has 16 heavy (non-hydrogen) atoms. The lowest BCUT2D eigenvalue weighted by Gasteiger charge is -1.99. The van der Waals surface area contributed by atoms with Crippen LogP contribution in [0.3, 0.4) is 0 Å². The molecule has 2 aromatic rings. The molecular formula is C14H14OS. The van der Waals surface area contributed by atoms with E-state index < -0.39 is 0 Å². The van der Waals surface area contributed by atoms with Gasteiger partial charge in [0, 0.05) is 16.9 Å². The van der Waals surface area contributed by atoms with Gasteiger partial charge in [-0.15, -0.1) is 11.3 Å². The lowest BCUT2D eigenvalue weighted by atomic mass is 10.1. The smallest absolute Gasteiger partial charge is 0.162 e. The van der Waals surface area contributed by atoms with Gasteiger partial charge in [-0.05, 0) is 24.3 Å². The van der Waals surface area contributed by atoms with Crippen LogP contribution in [0.5, 0.6) is 0 Å². The molecule has 0 bridgehead atoms. The van der Waals surface area contributed by atoms with E-state index in [2.05, 4.69) is 17.5 Å². The standard InChI is InChI=1S/C14H14OS/c15-14(12-6-2-1-3-7-12)10-4-8-13-9-5-11-16-13/h1-3,5-7,9,11H,4,8,10H2. The predicted octanol–water partition coefficient (Wildman–Crippen LogP) is 3.95. The Morgan fingerprint density at radius 3 is 2.56 bits per heavy atom. The van der Waals surface area contributed by atoms with Crippen LogP contribution in [0.2, 0.25) is 0 Å². The minimum Gasteiger partial charge on any atom is -0.294 e. The molecule has 0 aliphatic heterocycles. The summed E-state index contributed by atoms with van der Waals surface area (Å²) in [6, 6.07) is 13.7. The number of carbonyl (C=O) groups excluding carboxylic acids is 1. The Morgan fingerprint density at radius 1 is 1.06 bits per heavy atom. The van der Waals surface area contributed by atoms with Gasteiger partial charge in [0.15, 0.2) is 5.78 Å². The first kappa shape index (κ1) is 11.1. The van der Waals surface area contributed by atoms with E-state index in [1.807, 2.05) is 30.3 Å². The molecule has 1 nitrogen and oxygen atoms in total. The van der Waals surface area contributed by atoms with Crippen molar-refractivity contribution in [1.29, 1.82) is 0 Å². The van der Waals surface area contributed by atoms with Crippen LogP contribution in [-0.2, 0) is 6.42 Å². The average molecular weight is 230 g/mol. The second-order valence-electron chi connectivity index (χ2n) is 3.72. The number of carbonyl (C=O) groups is 1. The van der Waals surface area contributed by atoms with Crippen molar-refractivity contribution in [3.63, 3.8) is 0 Å². The largest absolute Gasteiger partial charge is 0.294 e. The maximum absolute atomic E-state index is 11.8. The van der Waals surface area contributed by atoms with Crippen molar-refractivity contribution in [2.24, 2.45) is 0 Å². The Bertz CT molecular complexity index is 431. The summed E-state index contributed by atoms with van der Waals surface area (Å²) in [6.07, 6.45) is 2.59. The molecule has 0 spiro atoms. The summed E-state index contributed by atoms with van der Waals surface area (Å²) in [4.78, 5) is 13.1. The van der Waals surface area contributed by atoms with Crippen LogP contribution in [0, 0.1) is 0 Å². The lowest BCUT2D eigenvalue weighted by molar-refractivity contribution is 0.0980. The lowest BCUT2D eigenvalue weighted by Crippen LogP contribution is -1.98. The first-order valence-corrected chi connectivity index (χ1v) is 6.35. The van der Waals surface area contributed by atoms with Crippen LogP contribution in [0.25, 0.3) is 0 Å². The van der Waals surface area contributed by atoms with Gasteiger partial charge in [-0.1, -0.05) is 36.4 Å². The molecule has 0 fully saturated rings. The van der Waals surface area contributed by atoms with Gasteiger partial charge >= 0.3 is 0 Å². The van der Waals surface area contributed by atoms with Crippen LogP contribution in [0.15, 0.2) is 47.8 Å². The van der Waals surface area contributed by atoms with Crippen molar-refractivity contribution in [3.05, 3.63) is 58.3 Å². The number of ketones is 1. The van der Waals surface area contributed by atoms with Gasteiger partial charge in [0.1, 0.15) is 0 Å². The maximum Gasteiger partial charge on any atom is 0.162 e. The van der Waals surface area contributed by atoms with Crippen LogP contribution in [-0.4, -0.2) is 5.78 Å². The first-order valence-electron chi connectivity index (χ1n) is 5.47. The Labute approximate surface area is 99.8 Å². The molecule has 0 radical (unpaired) electrons. The van der Waals surface area contributed by atoms with E-state index in [4.69, 9.17) is 0 Å². The van der Waals surface area contributed by atoms with E-state index >= 15 is 0 Å². The maximum atomic E-state index is 11.8. The monoisotopic (exact) mass is 230 g/mol. The fraction of sp³-hybridized carbons (Fsp3) is 0.214. The SMILES string of the molecule is O=C(CCCc1cccs1)c1ccccc1. The average Bonchev–Trinajstić information content (AvgIpc) is 2.83. The highest BCUT2D eigenvalue weighted by molar-refractivity contribution is 7.09. The number of rotatable bonds is 5. The second-order valence-corrected chi connectivity index (χ2v) is 4.75. The van der Waals surface area contributed by atoms with Gasteiger partial charge in [0.25, 0.3) is 0 Å². The zero-order chi connectivity index (χ0) is 11.2.